The summed E-state index contributed by atoms with van der Waals surface area (Å²) in [5, 5.41) is 0. The van der Waals surface area contributed by atoms with Crippen molar-refractivity contribution in [3.8, 4) is 0 Å². The van der Waals surface area contributed by atoms with Crippen molar-refractivity contribution >= 4 is 17.9 Å². The van der Waals surface area contributed by atoms with Gasteiger partial charge in [0.25, 0.3) is 0 Å². The van der Waals surface area contributed by atoms with Gasteiger partial charge in [-0.2, -0.15) is 0 Å². The fourth-order valence-corrected chi connectivity index (χ4v) is 0.900. The highest BCUT2D eigenvalue weighted by atomic mass is 31.1. The van der Waals surface area contributed by atoms with Crippen molar-refractivity contribution < 1.29 is 4.70 Å². The van der Waals surface area contributed by atoms with Gasteiger partial charge in [0.2, 0.25) is 0 Å². The molecule has 2 nitrogen and oxygen atoms in total. The lowest BCUT2D eigenvalue weighted by Gasteiger charge is -1.99. The third-order valence-electron chi connectivity index (χ3n) is 0.250. The smallest absolute Gasteiger partial charge is 0.0785 e. The van der Waals surface area contributed by atoms with Crippen LogP contribution in [-0.4, -0.2) is 18.8 Å². The molecule has 0 fully saturated rings. The molecular weight excluding hydrogens is 133 g/mol. The largest absolute Gasteiger partial charge is 0.272 e. The van der Waals surface area contributed by atoms with Crippen molar-refractivity contribution in [1.82, 2.24) is 4.67 Å². The second-order valence-electron chi connectivity index (χ2n) is 1.11. The van der Waals surface area contributed by atoms with Gasteiger partial charge in [-0.05, 0) is 23.1 Å². The number of hydrogen-bond acceptors (Lipinski definition) is 2. The van der Waals surface area contributed by atoms with Crippen molar-refractivity contribution in [2.24, 2.45) is 4.52 Å². The van der Waals surface area contributed by atoms with Crippen LogP contribution < -0.4 is 0 Å². The minimum atomic E-state index is 0. The summed E-state index contributed by atoms with van der Waals surface area (Å²) in [5.74, 6) is 0. The minimum Gasteiger partial charge on any atom is -0.272 e. The third-order valence-corrected chi connectivity index (χ3v) is 1.05. The molecule has 1 unspecified atom stereocenters. The van der Waals surface area contributed by atoms with E-state index >= 15 is 0 Å². The molecule has 0 spiro atoms. The molecule has 0 aromatic carbocycles. The van der Waals surface area contributed by atoms with Crippen LogP contribution in [-0.2, 0) is 0 Å². The van der Waals surface area contributed by atoms with E-state index in [2.05, 4.69) is 13.5 Å². The lowest BCUT2D eigenvalue weighted by atomic mass is 11.3. The van der Waals surface area contributed by atoms with E-state index in [9.17, 15) is 0 Å². The molecule has 0 radical (unpaired) electrons. The van der Waals surface area contributed by atoms with E-state index in [1.807, 2.05) is 18.8 Å². The number of rotatable bonds is 2. The van der Waals surface area contributed by atoms with Crippen LogP contribution in [0.25, 0.3) is 0 Å². The summed E-state index contributed by atoms with van der Waals surface area (Å²) in [6.45, 7) is 0. The van der Waals surface area contributed by atoms with Crippen LogP contribution in [0.15, 0.2) is 4.52 Å². The highest BCUT2D eigenvalue weighted by molar-refractivity contribution is 7.38. The Morgan fingerprint density at radius 1 is 1.57 bits per heavy atom. The zero-order valence-corrected chi connectivity index (χ0v) is 6.30. The average molecular weight is 142 g/mol. The maximum atomic E-state index is 3.69. The van der Waals surface area contributed by atoms with Crippen LogP contribution in [0.1, 0.15) is 0 Å². The Kier molecular flexibility index (Phi) is 9.55. The Labute approximate surface area is 46.9 Å². The van der Waals surface area contributed by atoms with Crippen LogP contribution in [0.3, 0.4) is 0 Å². The molecule has 0 aliphatic carbocycles. The molecule has 0 saturated heterocycles. The first kappa shape index (κ1) is 10.4. The predicted molar refractivity (Wildman–Crippen MR) is 35.2 cm³/mol. The lowest BCUT2D eigenvalue weighted by molar-refractivity contribution is 0.692. The van der Waals surface area contributed by atoms with Gasteiger partial charge in [0, 0.05) is 0 Å². The number of nitrogens with zero attached hydrogens (tertiary/aromatic N) is 2. The van der Waals surface area contributed by atoms with Crippen LogP contribution >= 0.6 is 17.9 Å². The molecule has 0 N–H and O–H groups in total. The maximum absolute atomic E-state index is 3.69. The van der Waals surface area contributed by atoms with Crippen LogP contribution in [0, 0.1) is 0 Å². The van der Waals surface area contributed by atoms with Crippen molar-refractivity contribution in [3.63, 3.8) is 0 Å². The number of halogens is 1. The first-order valence-corrected chi connectivity index (χ1v) is 2.91. The summed E-state index contributed by atoms with van der Waals surface area (Å²) in [6.07, 6.45) is 0. The Morgan fingerprint density at radius 2 is 2.00 bits per heavy atom. The van der Waals surface area contributed by atoms with Crippen LogP contribution in [0.2, 0.25) is 0 Å². The topological polar surface area (TPSA) is 15.6 Å². The van der Waals surface area contributed by atoms with Crippen molar-refractivity contribution in [3.05, 3.63) is 0 Å². The Balaban J connectivity index is 0. The Hall–Kier alpha value is 0.420. The molecule has 0 saturated carbocycles. The SMILES string of the molecule is CN(C)PN=P.F. The van der Waals surface area contributed by atoms with Crippen LogP contribution in [0.4, 0.5) is 4.70 Å². The van der Waals surface area contributed by atoms with Crippen molar-refractivity contribution in [2.45, 2.75) is 0 Å². The molecule has 5 heteroatoms. The summed E-state index contributed by atoms with van der Waals surface area (Å²) < 4.78 is 5.69. The summed E-state index contributed by atoms with van der Waals surface area (Å²) >= 11 is 0. The molecule has 0 aromatic heterocycles. The standard InChI is InChI=1S/C2H8N2P2.FH/c1-4(2)6-3-5;/h5-6H,1-2H3;1H. The highest BCUT2D eigenvalue weighted by Gasteiger charge is 1.77. The van der Waals surface area contributed by atoms with Gasteiger partial charge in [0.1, 0.15) is 0 Å². The highest BCUT2D eigenvalue weighted by Crippen LogP contribution is 2.13. The second kappa shape index (κ2) is 6.42. The van der Waals surface area contributed by atoms with Gasteiger partial charge in [-0.1, -0.05) is 0 Å². The van der Waals surface area contributed by atoms with Crippen molar-refractivity contribution in [2.75, 3.05) is 14.1 Å². The fraction of sp³-hybridized carbons (Fsp3) is 1.00. The third kappa shape index (κ3) is 10.7. The summed E-state index contributed by atoms with van der Waals surface area (Å²) in [7, 11) is 7.48. The van der Waals surface area contributed by atoms with E-state index < -0.39 is 0 Å². The lowest BCUT2D eigenvalue weighted by Crippen LogP contribution is -1.92. The van der Waals surface area contributed by atoms with E-state index in [0.29, 0.717) is 8.88 Å². The Bertz CT molecular complexity index is 49.0. The fourth-order valence-electron chi connectivity index (χ4n) is 0.100. The molecule has 0 bridgehead atoms. The van der Waals surface area contributed by atoms with Gasteiger partial charge in [-0.25, -0.2) is 4.52 Å². The summed E-state index contributed by atoms with van der Waals surface area (Å²) in [6, 6.07) is 0. The molecule has 0 heterocycles. The molecule has 0 aliphatic rings. The number of hydrogen-bond donors (Lipinski definition) is 0. The minimum absolute atomic E-state index is 0. The zero-order valence-electron chi connectivity index (χ0n) is 4.30. The van der Waals surface area contributed by atoms with E-state index in [0.717, 1.165) is 0 Å². The van der Waals surface area contributed by atoms with E-state index in [4.69, 9.17) is 0 Å². The molecule has 44 valence electrons. The summed E-state index contributed by atoms with van der Waals surface area (Å²) in [5.41, 5.74) is 0. The van der Waals surface area contributed by atoms with E-state index in [1.165, 1.54) is 0 Å². The predicted octanol–water partition coefficient (Wildman–Crippen LogP) is 1.54. The molecule has 0 rings (SSSR count). The second-order valence-corrected chi connectivity index (χ2v) is 3.10. The zero-order chi connectivity index (χ0) is 4.99. The summed E-state index contributed by atoms with van der Waals surface area (Å²) in [4.78, 5) is 0. The van der Waals surface area contributed by atoms with Gasteiger partial charge < -0.3 is 0 Å². The van der Waals surface area contributed by atoms with Gasteiger partial charge in [0.15, 0.2) is 0 Å². The van der Waals surface area contributed by atoms with E-state index in [-0.39, 0.29) is 4.70 Å². The molecule has 0 aromatic rings. The normalized spacial score (nSPS) is 9.57. The van der Waals surface area contributed by atoms with Gasteiger partial charge in [-0.3, -0.25) is 9.37 Å². The van der Waals surface area contributed by atoms with Gasteiger partial charge in [0.05, 0.1) is 8.88 Å². The van der Waals surface area contributed by atoms with Crippen molar-refractivity contribution in [1.29, 1.82) is 0 Å². The first-order valence-electron chi connectivity index (χ1n) is 1.57. The van der Waals surface area contributed by atoms with Gasteiger partial charge in [-0.15, -0.1) is 0 Å². The quantitative estimate of drug-likeness (QED) is 0.534. The molecular formula is C2H9FN2P2. The van der Waals surface area contributed by atoms with Crippen LogP contribution in [0.5, 0.6) is 0 Å². The molecule has 1 atom stereocenters. The van der Waals surface area contributed by atoms with Gasteiger partial charge >= 0.3 is 0 Å². The molecule has 0 amide bonds. The monoisotopic (exact) mass is 142 g/mol. The molecule has 0 aliphatic heterocycles. The molecule has 7 heavy (non-hydrogen) atoms. The van der Waals surface area contributed by atoms with E-state index in [1.54, 1.807) is 0 Å². The maximum Gasteiger partial charge on any atom is 0.0785 e. The average Bonchev–Trinajstić information content (AvgIpc) is 1.35. The first-order chi connectivity index (χ1) is 2.77. The Morgan fingerprint density at radius 3 is 2.00 bits per heavy atom.